The van der Waals surface area contributed by atoms with Crippen LogP contribution in [0.2, 0.25) is 0 Å². The van der Waals surface area contributed by atoms with Gasteiger partial charge in [-0.2, -0.15) is 0 Å². The van der Waals surface area contributed by atoms with Gasteiger partial charge in [-0.1, -0.05) is 6.92 Å². The van der Waals surface area contributed by atoms with E-state index in [1.54, 1.807) is 11.0 Å². The van der Waals surface area contributed by atoms with Crippen molar-refractivity contribution in [2.24, 2.45) is 5.92 Å². The quantitative estimate of drug-likeness (QED) is 0.922. The van der Waals surface area contributed by atoms with Crippen LogP contribution in [0.4, 0.5) is 15.0 Å². The van der Waals surface area contributed by atoms with E-state index in [4.69, 9.17) is 4.74 Å². The molecule has 2 atom stereocenters. The Kier molecular flexibility index (Phi) is 5.44. The Hall–Kier alpha value is -1.85. The van der Waals surface area contributed by atoms with Crippen molar-refractivity contribution in [1.82, 2.24) is 9.88 Å². The molecule has 128 valence electrons. The fourth-order valence-electron chi connectivity index (χ4n) is 2.67. The number of carbonyl (C=O) groups is 1. The molecule has 0 radical (unpaired) electrons. The van der Waals surface area contributed by atoms with Crippen LogP contribution in [0.1, 0.15) is 40.5 Å². The highest BCUT2D eigenvalue weighted by Gasteiger charge is 2.32. The number of nitrogens with zero attached hydrogens (tertiary/aromatic N) is 2. The lowest BCUT2D eigenvalue weighted by Gasteiger charge is -2.39. The van der Waals surface area contributed by atoms with Gasteiger partial charge >= 0.3 is 6.09 Å². The second-order valence-corrected chi connectivity index (χ2v) is 7.21. The van der Waals surface area contributed by atoms with Gasteiger partial charge in [0.1, 0.15) is 17.2 Å². The second-order valence-electron chi connectivity index (χ2n) is 7.21. The average molecular weight is 323 g/mol. The number of halogens is 1. The minimum Gasteiger partial charge on any atom is -0.444 e. The minimum absolute atomic E-state index is 0.0490. The van der Waals surface area contributed by atoms with E-state index in [2.05, 4.69) is 17.2 Å². The highest BCUT2D eigenvalue weighted by molar-refractivity contribution is 5.68. The molecule has 2 rings (SSSR count). The van der Waals surface area contributed by atoms with Crippen LogP contribution >= 0.6 is 0 Å². The zero-order valence-electron chi connectivity index (χ0n) is 14.3. The van der Waals surface area contributed by atoms with Gasteiger partial charge in [0.25, 0.3) is 0 Å². The van der Waals surface area contributed by atoms with E-state index in [-0.39, 0.29) is 18.0 Å². The molecule has 6 heteroatoms. The van der Waals surface area contributed by atoms with Gasteiger partial charge in [-0.15, -0.1) is 0 Å². The van der Waals surface area contributed by atoms with E-state index in [1.807, 2.05) is 20.8 Å². The lowest BCUT2D eigenvalue weighted by molar-refractivity contribution is 0.00577. The van der Waals surface area contributed by atoms with E-state index < -0.39 is 5.60 Å². The van der Waals surface area contributed by atoms with Gasteiger partial charge in [-0.25, -0.2) is 14.2 Å². The van der Waals surface area contributed by atoms with E-state index in [1.165, 1.54) is 12.3 Å². The number of hydrogen-bond acceptors (Lipinski definition) is 4. The van der Waals surface area contributed by atoms with Crippen LogP contribution in [-0.4, -0.2) is 40.7 Å². The number of amides is 1. The monoisotopic (exact) mass is 323 g/mol. The van der Waals surface area contributed by atoms with Crippen molar-refractivity contribution in [2.45, 2.75) is 52.2 Å². The van der Waals surface area contributed by atoms with Crippen LogP contribution in [0.15, 0.2) is 18.3 Å². The zero-order valence-corrected chi connectivity index (χ0v) is 14.3. The van der Waals surface area contributed by atoms with Gasteiger partial charge in [0, 0.05) is 13.1 Å². The first-order chi connectivity index (χ1) is 10.7. The molecule has 1 aromatic heterocycles. The summed E-state index contributed by atoms with van der Waals surface area (Å²) in [5.41, 5.74) is -0.506. The largest absolute Gasteiger partial charge is 0.444 e. The number of carbonyl (C=O) groups excluding carboxylic acids is 1. The van der Waals surface area contributed by atoms with Crippen LogP contribution in [-0.2, 0) is 4.74 Å². The molecule has 0 unspecified atom stereocenters. The van der Waals surface area contributed by atoms with Crippen molar-refractivity contribution in [1.29, 1.82) is 0 Å². The Morgan fingerprint density at radius 2 is 2.17 bits per heavy atom. The number of likely N-dealkylation sites (tertiary alicyclic amines) is 1. The summed E-state index contributed by atoms with van der Waals surface area (Å²) in [7, 11) is 0. The van der Waals surface area contributed by atoms with E-state index in [0.29, 0.717) is 24.8 Å². The summed E-state index contributed by atoms with van der Waals surface area (Å²) in [6, 6.07) is 3.01. The summed E-state index contributed by atoms with van der Waals surface area (Å²) in [5.74, 6) is 0.703. The predicted molar refractivity (Wildman–Crippen MR) is 87.8 cm³/mol. The molecule has 2 heterocycles. The highest BCUT2D eigenvalue weighted by atomic mass is 19.1. The first-order valence-electron chi connectivity index (χ1n) is 8.09. The number of piperidine rings is 1. The minimum atomic E-state index is -0.506. The molecule has 1 amide bonds. The Labute approximate surface area is 137 Å². The third kappa shape index (κ3) is 5.37. The predicted octanol–water partition coefficient (Wildman–Crippen LogP) is 3.67. The molecule has 0 aliphatic carbocycles. The molecule has 0 spiro atoms. The Morgan fingerprint density at radius 1 is 1.43 bits per heavy atom. The molecular formula is C17H26FN3O2. The molecule has 1 aromatic rings. The molecule has 0 aromatic carbocycles. The topological polar surface area (TPSA) is 54.5 Å². The standard InChI is InChI=1S/C17H26FN3O2/c1-12-5-7-14(10-20-15-8-6-13(18)9-19-15)21(11-12)16(22)23-17(2,3)4/h6,8-9,12,14H,5,7,10-11H2,1-4H3,(H,19,20)/t12-,14-/m0/s1. The van der Waals surface area contributed by atoms with Gasteiger partial charge in [0.15, 0.2) is 0 Å². The van der Waals surface area contributed by atoms with Gasteiger partial charge in [-0.05, 0) is 51.7 Å². The van der Waals surface area contributed by atoms with Crippen LogP contribution in [0.5, 0.6) is 0 Å². The zero-order chi connectivity index (χ0) is 17.0. The molecular weight excluding hydrogens is 297 g/mol. The normalized spacial score (nSPS) is 21.9. The highest BCUT2D eigenvalue weighted by Crippen LogP contribution is 2.24. The lowest BCUT2D eigenvalue weighted by Crippen LogP contribution is -2.51. The Balaban J connectivity index is 1.99. The molecule has 0 bridgehead atoms. The number of rotatable bonds is 3. The first kappa shape index (κ1) is 17.5. The van der Waals surface area contributed by atoms with E-state index in [0.717, 1.165) is 12.8 Å². The third-order valence-electron chi connectivity index (χ3n) is 3.82. The summed E-state index contributed by atoms with van der Waals surface area (Å²) in [6.45, 7) is 9.02. The summed E-state index contributed by atoms with van der Waals surface area (Å²) in [5, 5.41) is 3.18. The number of anilines is 1. The van der Waals surface area contributed by atoms with Crippen LogP contribution < -0.4 is 5.32 Å². The van der Waals surface area contributed by atoms with Gasteiger partial charge in [0.2, 0.25) is 0 Å². The summed E-state index contributed by atoms with van der Waals surface area (Å²) < 4.78 is 18.4. The average Bonchev–Trinajstić information content (AvgIpc) is 2.46. The van der Waals surface area contributed by atoms with Gasteiger partial charge in [-0.3, -0.25) is 0 Å². The smallest absolute Gasteiger partial charge is 0.410 e. The third-order valence-corrected chi connectivity index (χ3v) is 3.82. The first-order valence-corrected chi connectivity index (χ1v) is 8.09. The Bertz CT molecular complexity index is 528. The number of nitrogens with one attached hydrogen (secondary N) is 1. The van der Waals surface area contributed by atoms with Gasteiger partial charge < -0.3 is 15.0 Å². The number of hydrogen-bond donors (Lipinski definition) is 1. The molecule has 1 aliphatic heterocycles. The number of aromatic nitrogens is 1. The van der Waals surface area contributed by atoms with E-state index in [9.17, 15) is 9.18 Å². The molecule has 5 nitrogen and oxygen atoms in total. The fraction of sp³-hybridized carbons (Fsp3) is 0.647. The molecule has 1 N–H and O–H groups in total. The second kappa shape index (κ2) is 7.15. The fourth-order valence-corrected chi connectivity index (χ4v) is 2.67. The maximum Gasteiger partial charge on any atom is 0.410 e. The summed E-state index contributed by atoms with van der Waals surface area (Å²) in [4.78, 5) is 18.2. The summed E-state index contributed by atoms with van der Waals surface area (Å²) in [6.07, 6.45) is 2.89. The summed E-state index contributed by atoms with van der Waals surface area (Å²) >= 11 is 0. The van der Waals surface area contributed by atoms with Crippen LogP contribution in [0, 0.1) is 11.7 Å². The van der Waals surface area contributed by atoms with E-state index >= 15 is 0 Å². The van der Waals surface area contributed by atoms with Crippen molar-refractivity contribution in [2.75, 3.05) is 18.4 Å². The molecule has 1 saturated heterocycles. The molecule has 23 heavy (non-hydrogen) atoms. The number of ether oxygens (including phenoxy) is 1. The molecule has 0 saturated carbocycles. The maximum atomic E-state index is 12.9. The molecule has 1 aliphatic rings. The van der Waals surface area contributed by atoms with Crippen molar-refractivity contribution >= 4 is 11.9 Å². The SMILES string of the molecule is C[C@H]1CC[C@@H](CNc2ccc(F)cn2)N(C(=O)OC(C)(C)C)C1. The van der Waals surface area contributed by atoms with Crippen molar-refractivity contribution in [3.05, 3.63) is 24.1 Å². The Morgan fingerprint density at radius 3 is 2.78 bits per heavy atom. The number of pyridine rings is 1. The maximum absolute atomic E-state index is 12.9. The van der Waals surface area contributed by atoms with Crippen molar-refractivity contribution < 1.29 is 13.9 Å². The van der Waals surface area contributed by atoms with Gasteiger partial charge in [0.05, 0.1) is 12.2 Å². The van der Waals surface area contributed by atoms with Crippen LogP contribution in [0.25, 0.3) is 0 Å². The molecule has 1 fully saturated rings. The lowest BCUT2D eigenvalue weighted by atomic mass is 9.94. The van der Waals surface area contributed by atoms with Crippen molar-refractivity contribution in [3.8, 4) is 0 Å². The van der Waals surface area contributed by atoms with Crippen molar-refractivity contribution in [3.63, 3.8) is 0 Å². The van der Waals surface area contributed by atoms with Crippen LogP contribution in [0.3, 0.4) is 0 Å².